The molecule has 0 radical (unpaired) electrons. The second-order valence-electron chi connectivity index (χ2n) is 3.94. The minimum absolute atomic E-state index is 1.31. The predicted molar refractivity (Wildman–Crippen MR) is 65.6 cm³/mol. The fourth-order valence-electron chi connectivity index (χ4n) is 1.76. The molecule has 0 amide bonds. The molecule has 1 rings (SSSR count). The molecule has 0 saturated carbocycles. The summed E-state index contributed by atoms with van der Waals surface area (Å²) in [6.07, 6.45) is 7.64. The number of hydrogen-bond acceptors (Lipinski definition) is 1. The highest BCUT2D eigenvalue weighted by molar-refractivity contribution is 5.33. The van der Waals surface area contributed by atoms with Gasteiger partial charge in [-0.25, -0.2) is 0 Å². The van der Waals surface area contributed by atoms with Crippen molar-refractivity contribution < 1.29 is 0 Å². The Labute approximate surface area is 89.3 Å². The minimum Gasteiger partial charge on any atom is -0.323 e. The van der Waals surface area contributed by atoms with Crippen LogP contribution in [0, 0.1) is 0 Å². The zero-order valence-corrected chi connectivity index (χ0v) is 10.4. The highest BCUT2D eigenvalue weighted by Gasteiger charge is 2.09. The van der Waals surface area contributed by atoms with Crippen LogP contribution >= 0.6 is 0 Å². The average molecular weight is 195 g/mol. The molecular weight excluding hydrogens is 170 g/mol. The van der Waals surface area contributed by atoms with Crippen LogP contribution in [0.25, 0.3) is 0 Å². The number of nitrogens with one attached hydrogen (secondary N) is 1. The lowest BCUT2D eigenvalue weighted by Crippen LogP contribution is -1.98. The van der Waals surface area contributed by atoms with Crippen molar-refractivity contribution in [2.45, 2.75) is 46.5 Å². The van der Waals surface area contributed by atoms with Gasteiger partial charge in [-0.15, -0.1) is 0 Å². The second-order valence-corrected chi connectivity index (χ2v) is 3.94. The maximum Gasteiger partial charge on any atom is -0.0167 e. The first-order chi connectivity index (χ1) is 6.67. The Bertz CT molecular complexity index is 211. The lowest BCUT2D eigenvalue weighted by Gasteiger charge is -2.17. The van der Waals surface area contributed by atoms with Crippen LogP contribution in [-0.2, 0) is 0 Å². The molecule has 0 spiro atoms. The van der Waals surface area contributed by atoms with Crippen LogP contribution in [0.4, 0.5) is 0 Å². The zero-order valence-electron chi connectivity index (χ0n) is 10.4. The molecule has 0 unspecified atom stereocenters. The summed E-state index contributed by atoms with van der Waals surface area (Å²) in [5.41, 5.74) is 4.73. The third kappa shape index (κ3) is 4.61. The molecule has 0 bridgehead atoms. The van der Waals surface area contributed by atoms with E-state index in [1.807, 2.05) is 14.1 Å². The van der Waals surface area contributed by atoms with Crippen molar-refractivity contribution in [3.8, 4) is 0 Å². The Morgan fingerprint density at radius 3 is 2.14 bits per heavy atom. The van der Waals surface area contributed by atoms with Crippen molar-refractivity contribution >= 4 is 0 Å². The summed E-state index contributed by atoms with van der Waals surface area (Å²) in [6, 6.07) is 0. The first kappa shape index (κ1) is 13.4. The van der Waals surface area contributed by atoms with Crippen LogP contribution in [0.1, 0.15) is 46.5 Å². The Morgan fingerprint density at radius 1 is 1.21 bits per heavy atom. The van der Waals surface area contributed by atoms with Crippen molar-refractivity contribution in [2.75, 3.05) is 14.1 Å². The van der Waals surface area contributed by atoms with Gasteiger partial charge in [-0.2, -0.15) is 0 Å². The van der Waals surface area contributed by atoms with E-state index < -0.39 is 0 Å². The maximum absolute atomic E-state index is 2.75. The van der Waals surface area contributed by atoms with E-state index >= 15 is 0 Å². The fraction of sp³-hybridized carbons (Fsp3) is 0.692. The summed E-state index contributed by atoms with van der Waals surface area (Å²) < 4.78 is 0. The molecule has 0 aromatic rings. The standard InChI is InChI=1S/C11H18.C2H7N/c1-4-9(2)11-8-6-5-7-10(11)3;1-3-2/h4H,5-8H2,1-3H3;3H,1-2H3/b9-4-;. The van der Waals surface area contributed by atoms with E-state index in [-0.39, 0.29) is 0 Å². The van der Waals surface area contributed by atoms with Gasteiger partial charge in [0, 0.05) is 0 Å². The monoisotopic (exact) mass is 195 g/mol. The molecule has 0 aromatic carbocycles. The summed E-state index contributed by atoms with van der Waals surface area (Å²) in [6.45, 7) is 6.63. The molecule has 82 valence electrons. The molecule has 14 heavy (non-hydrogen) atoms. The third-order valence-corrected chi connectivity index (χ3v) is 2.65. The van der Waals surface area contributed by atoms with Crippen molar-refractivity contribution in [1.82, 2.24) is 5.32 Å². The van der Waals surface area contributed by atoms with Gasteiger partial charge in [0.1, 0.15) is 0 Å². The zero-order chi connectivity index (χ0) is 11.0. The molecule has 1 N–H and O–H groups in total. The van der Waals surface area contributed by atoms with E-state index in [9.17, 15) is 0 Å². The van der Waals surface area contributed by atoms with Gasteiger partial charge in [0.2, 0.25) is 0 Å². The minimum atomic E-state index is 1.31. The van der Waals surface area contributed by atoms with Crippen molar-refractivity contribution in [1.29, 1.82) is 0 Å². The van der Waals surface area contributed by atoms with E-state index in [1.54, 1.807) is 11.1 Å². The van der Waals surface area contributed by atoms with E-state index in [2.05, 4.69) is 32.2 Å². The first-order valence-electron chi connectivity index (χ1n) is 5.57. The molecule has 1 aliphatic rings. The first-order valence-corrected chi connectivity index (χ1v) is 5.57. The predicted octanol–water partition coefficient (Wildman–Crippen LogP) is 3.68. The second kappa shape index (κ2) is 7.81. The molecule has 0 saturated heterocycles. The van der Waals surface area contributed by atoms with Crippen LogP contribution in [0.2, 0.25) is 0 Å². The molecule has 0 aromatic heterocycles. The van der Waals surface area contributed by atoms with Crippen molar-refractivity contribution in [3.05, 3.63) is 22.8 Å². The van der Waals surface area contributed by atoms with E-state index in [0.29, 0.717) is 0 Å². The molecule has 0 aliphatic heterocycles. The fourth-order valence-corrected chi connectivity index (χ4v) is 1.76. The summed E-state index contributed by atoms with van der Waals surface area (Å²) in [5, 5.41) is 2.75. The topological polar surface area (TPSA) is 12.0 Å². The number of allylic oxidation sites excluding steroid dienone is 4. The molecule has 0 atom stereocenters. The summed E-state index contributed by atoms with van der Waals surface area (Å²) >= 11 is 0. The Kier molecular flexibility index (Phi) is 7.50. The van der Waals surface area contributed by atoms with Crippen molar-refractivity contribution in [2.24, 2.45) is 0 Å². The molecule has 1 heteroatoms. The van der Waals surface area contributed by atoms with Crippen LogP contribution < -0.4 is 5.32 Å². The van der Waals surface area contributed by atoms with E-state index in [4.69, 9.17) is 0 Å². The Hall–Kier alpha value is -0.560. The van der Waals surface area contributed by atoms with Gasteiger partial charge in [0.15, 0.2) is 0 Å². The van der Waals surface area contributed by atoms with Crippen LogP contribution in [-0.4, -0.2) is 14.1 Å². The molecule has 0 fully saturated rings. The van der Waals surface area contributed by atoms with E-state index in [0.717, 1.165) is 0 Å². The maximum atomic E-state index is 2.75. The summed E-state index contributed by atoms with van der Waals surface area (Å²) in [4.78, 5) is 0. The van der Waals surface area contributed by atoms with Gasteiger partial charge in [0.25, 0.3) is 0 Å². The van der Waals surface area contributed by atoms with Crippen LogP contribution in [0.5, 0.6) is 0 Å². The smallest absolute Gasteiger partial charge is 0.0167 e. The largest absolute Gasteiger partial charge is 0.323 e. The van der Waals surface area contributed by atoms with Crippen LogP contribution in [0.3, 0.4) is 0 Å². The van der Waals surface area contributed by atoms with Gasteiger partial charge < -0.3 is 5.32 Å². The Morgan fingerprint density at radius 2 is 1.71 bits per heavy atom. The summed E-state index contributed by atoms with van der Waals surface area (Å²) in [5.74, 6) is 0. The SMILES string of the molecule is C/C=C(/C)C1=C(C)CCCC1.CNC. The normalized spacial score (nSPS) is 17.6. The van der Waals surface area contributed by atoms with Gasteiger partial charge in [-0.1, -0.05) is 17.2 Å². The number of hydrogen-bond donors (Lipinski definition) is 1. The molecular formula is C13H25N. The van der Waals surface area contributed by atoms with Gasteiger partial charge in [-0.05, 0) is 66.1 Å². The Balaban J connectivity index is 0.000000500. The van der Waals surface area contributed by atoms with Crippen molar-refractivity contribution in [3.63, 3.8) is 0 Å². The quantitative estimate of drug-likeness (QED) is 0.673. The van der Waals surface area contributed by atoms with Gasteiger partial charge in [0.05, 0.1) is 0 Å². The summed E-state index contributed by atoms with van der Waals surface area (Å²) in [7, 11) is 3.75. The lowest BCUT2D eigenvalue weighted by atomic mass is 9.88. The van der Waals surface area contributed by atoms with Crippen LogP contribution in [0.15, 0.2) is 22.8 Å². The number of rotatable bonds is 1. The van der Waals surface area contributed by atoms with Gasteiger partial charge in [-0.3, -0.25) is 0 Å². The van der Waals surface area contributed by atoms with E-state index in [1.165, 1.54) is 31.3 Å². The molecule has 1 nitrogen and oxygen atoms in total. The lowest BCUT2D eigenvalue weighted by molar-refractivity contribution is 0.676. The van der Waals surface area contributed by atoms with Gasteiger partial charge >= 0.3 is 0 Å². The average Bonchev–Trinajstić information content (AvgIpc) is 2.19. The molecule has 0 heterocycles. The highest BCUT2D eigenvalue weighted by Crippen LogP contribution is 2.28. The highest BCUT2D eigenvalue weighted by atomic mass is 14.7. The molecule has 1 aliphatic carbocycles. The third-order valence-electron chi connectivity index (χ3n) is 2.65.